The van der Waals surface area contributed by atoms with Gasteiger partial charge in [-0.15, -0.1) is 0 Å². The molecule has 0 heterocycles. The summed E-state index contributed by atoms with van der Waals surface area (Å²) in [4.78, 5) is 12.0. The van der Waals surface area contributed by atoms with Crippen molar-refractivity contribution in [2.45, 2.75) is 19.1 Å². The van der Waals surface area contributed by atoms with E-state index in [-0.39, 0.29) is 0 Å². The third kappa shape index (κ3) is 3.68. The summed E-state index contributed by atoms with van der Waals surface area (Å²) in [7, 11) is 1.50. The fraction of sp³-hybridized carbons (Fsp3) is 0.235. The van der Waals surface area contributed by atoms with Crippen LogP contribution in [0.2, 0.25) is 0 Å². The van der Waals surface area contributed by atoms with Crippen LogP contribution in [0, 0.1) is 17.5 Å². The molecule has 2 aromatic carbocycles. The third-order valence-electron chi connectivity index (χ3n) is 3.56. The lowest BCUT2D eigenvalue weighted by Gasteiger charge is -2.21. The Labute approximate surface area is 136 Å². The molecule has 4 nitrogen and oxygen atoms in total. The van der Waals surface area contributed by atoms with Crippen molar-refractivity contribution in [2.75, 3.05) is 7.11 Å². The number of nitrogens with one attached hydrogen (secondary N) is 1. The number of hydrogen-bond acceptors (Lipinski definition) is 3. The van der Waals surface area contributed by atoms with Crippen LogP contribution in [0.1, 0.15) is 28.9 Å². The van der Waals surface area contributed by atoms with Crippen LogP contribution in [0.3, 0.4) is 0 Å². The topological polar surface area (TPSA) is 58.6 Å². The van der Waals surface area contributed by atoms with Gasteiger partial charge in [-0.2, -0.15) is 0 Å². The molecule has 2 rings (SSSR count). The van der Waals surface area contributed by atoms with Gasteiger partial charge < -0.3 is 15.2 Å². The summed E-state index contributed by atoms with van der Waals surface area (Å²) >= 11 is 0. The predicted octanol–water partition coefficient (Wildman–Crippen LogP) is 2.96. The van der Waals surface area contributed by atoms with E-state index in [1.165, 1.54) is 14.0 Å². The summed E-state index contributed by atoms with van der Waals surface area (Å²) < 4.78 is 45.4. The molecule has 0 bridgehead atoms. The average molecular weight is 339 g/mol. The van der Waals surface area contributed by atoms with Gasteiger partial charge in [0.1, 0.15) is 17.1 Å². The van der Waals surface area contributed by atoms with E-state index in [1.54, 1.807) is 24.3 Å². The Morgan fingerprint density at radius 2 is 1.67 bits per heavy atom. The molecule has 0 radical (unpaired) electrons. The van der Waals surface area contributed by atoms with E-state index in [2.05, 4.69) is 5.32 Å². The van der Waals surface area contributed by atoms with E-state index in [0.717, 1.165) is 0 Å². The molecular weight excluding hydrogens is 323 g/mol. The fourth-order valence-electron chi connectivity index (χ4n) is 2.18. The first kappa shape index (κ1) is 17.8. The van der Waals surface area contributed by atoms with Gasteiger partial charge in [0.15, 0.2) is 11.6 Å². The minimum absolute atomic E-state index is 0.476. The number of benzene rings is 2. The number of carbonyl (C=O) groups excluding carboxylic acids is 1. The van der Waals surface area contributed by atoms with Crippen LogP contribution >= 0.6 is 0 Å². The SMILES string of the molecule is COc1ccc([C@H](O)[C@H](C)NC(=O)c2c(F)ccc(F)c2F)cc1. The van der Waals surface area contributed by atoms with Gasteiger partial charge in [-0.1, -0.05) is 12.1 Å². The van der Waals surface area contributed by atoms with Gasteiger partial charge >= 0.3 is 0 Å². The molecule has 24 heavy (non-hydrogen) atoms. The molecule has 1 amide bonds. The molecule has 128 valence electrons. The zero-order valence-corrected chi connectivity index (χ0v) is 13.0. The summed E-state index contributed by atoms with van der Waals surface area (Å²) in [6, 6.07) is 6.82. The highest BCUT2D eigenvalue weighted by Gasteiger charge is 2.25. The highest BCUT2D eigenvalue weighted by Crippen LogP contribution is 2.21. The summed E-state index contributed by atoms with van der Waals surface area (Å²) in [5.41, 5.74) is -0.549. The van der Waals surface area contributed by atoms with Crippen LogP contribution in [0.4, 0.5) is 13.2 Å². The van der Waals surface area contributed by atoms with Crippen LogP contribution in [0.15, 0.2) is 36.4 Å². The number of methoxy groups -OCH3 is 1. The van der Waals surface area contributed by atoms with Crippen LogP contribution in [-0.4, -0.2) is 24.2 Å². The first-order valence-corrected chi connectivity index (χ1v) is 7.11. The maximum Gasteiger partial charge on any atom is 0.257 e. The predicted molar refractivity (Wildman–Crippen MR) is 81.2 cm³/mol. The smallest absolute Gasteiger partial charge is 0.257 e. The Morgan fingerprint density at radius 1 is 1.08 bits per heavy atom. The number of rotatable bonds is 5. The minimum Gasteiger partial charge on any atom is -0.497 e. The van der Waals surface area contributed by atoms with Gasteiger partial charge in [0.2, 0.25) is 0 Å². The van der Waals surface area contributed by atoms with E-state index in [4.69, 9.17) is 4.74 Å². The first-order valence-electron chi connectivity index (χ1n) is 7.11. The van der Waals surface area contributed by atoms with Gasteiger partial charge in [-0.3, -0.25) is 4.79 Å². The van der Waals surface area contributed by atoms with Crippen molar-refractivity contribution in [3.63, 3.8) is 0 Å². The van der Waals surface area contributed by atoms with Gasteiger partial charge in [-0.25, -0.2) is 13.2 Å². The maximum atomic E-state index is 13.6. The third-order valence-corrected chi connectivity index (χ3v) is 3.56. The summed E-state index contributed by atoms with van der Waals surface area (Å²) in [6.45, 7) is 1.46. The van der Waals surface area contributed by atoms with Crippen LogP contribution in [-0.2, 0) is 0 Å². The molecule has 0 aliphatic carbocycles. The molecule has 7 heteroatoms. The Hall–Kier alpha value is -2.54. The Balaban J connectivity index is 2.15. The number of aliphatic hydroxyl groups is 1. The number of carbonyl (C=O) groups is 1. The van der Waals surface area contributed by atoms with Crippen LogP contribution in [0.25, 0.3) is 0 Å². The molecule has 0 saturated carbocycles. The second-order valence-electron chi connectivity index (χ2n) is 5.20. The number of ether oxygens (including phenoxy) is 1. The van der Waals surface area contributed by atoms with Crippen molar-refractivity contribution >= 4 is 5.91 Å². The van der Waals surface area contributed by atoms with Gasteiger partial charge in [0, 0.05) is 0 Å². The van der Waals surface area contributed by atoms with E-state index in [1.807, 2.05) is 0 Å². The lowest BCUT2D eigenvalue weighted by molar-refractivity contribution is 0.0843. The molecule has 0 aliphatic rings. The molecule has 2 aromatic rings. The molecule has 0 saturated heterocycles. The second kappa shape index (κ2) is 7.35. The summed E-state index contributed by atoms with van der Waals surface area (Å²) in [5.74, 6) is -4.64. The van der Waals surface area contributed by atoms with Crippen molar-refractivity contribution in [3.05, 3.63) is 65.0 Å². The molecule has 2 N–H and O–H groups in total. The quantitative estimate of drug-likeness (QED) is 0.824. The van der Waals surface area contributed by atoms with Gasteiger partial charge in [0.25, 0.3) is 5.91 Å². The summed E-state index contributed by atoms with van der Waals surface area (Å²) in [5, 5.41) is 12.5. The van der Waals surface area contributed by atoms with Crippen molar-refractivity contribution < 1.29 is 27.8 Å². The van der Waals surface area contributed by atoms with Crippen molar-refractivity contribution in [2.24, 2.45) is 0 Å². The summed E-state index contributed by atoms with van der Waals surface area (Å²) in [6.07, 6.45) is -1.13. The molecule has 0 spiro atoms. The van der Waals surface area contributed by atoms with Crippen LogP contribution < -0.4 is 10.1 Å². The number of halogens is 3. The zero-order chi connectivity index (χ0) is 17.9. The van der Waals surface area contributed by atoms with Crippen molar-refractivity contribution in [1.82, 2.24) is 5.32 Å². The molecule has 2 atom stereocenters. The second-order valence-corrected chi connectivity index (χ2v) is 5.20. The standard InChI is InChI=1S/C17H16F3NO3/c1-9(16(22)10-3-5-11(24-2)6-4-10)21-17(23)14-12(18)7-8-13(19)15(14)20/h3-9,16,22H,1-2H3,(H,21,23)/t9-,16+/m0/s1. The Bertz CT molecular complexity index is 735. The highest BCUT2D eigenvalue weighted by molar-refractivity contribution is 5.95. The largest absolute Gasteiger partial charge is 0.497 e. The molecule has 0 aliphatic heterocycles. The van der Waals surface area contributed by atoms with E-state index < -0.39 is 41.1 Å². The maximum absolute atomic E-state index is 13.6. The van der Waals surface area contributed by atoms with Gasteiger partial charge in [0.05, 0.1) is 19.3 Å². The number of aliphatic hydroxyl groups excluding tert-OH is 1. The van der Waals surface area contributed by atoms with Crippen molar-refractivity contribution in [3.8, 4) is 5.75 Å². The van der Waals surface area contributed by atoms with E-state index in [9.17, 15) is 23.1 Å². The molecular formula is C17H16F3NO3. The molecule has 0 fully saturated rings. The van der Waals surface area contributed by atoms with Crippen LogP contribution in [0.5, 0.6) is 5.75 Å². The van der Waals surface area contributed by atoms with E-state index in [0.29, 0.717) is 23.4 Å². The molecule has 0 aromatic heterocycles. The fourth-order valence-corrected chi connectivity index (χ4v) is 2.18. The Morgan fingerprint density at radius 3 is 2.25 bits per heavy atom. The molecule has 0 unspecified atom stereocenters. The lowest BCUT2D eigenvalue weighted by atomic mass is 10.0. The number of amides is 1. The monoisotopic (exact) mass is 339 g/mol. The lowest BCUT2D eigenvalue weighted by Crippen LogP contribution is -2.38. The zero-order valence-electron chi connectivity index (χ0n) is 13.0. The van der Waals surface area contributed by atoms with Crippen molar-refractivity contribution in [1.29, 1.82) is 0 Å². The minimum atomic E-state index is -1.57. The normalized spacial score (nSPS) is 13.2. The average Bonchev–Trinajstić information content (AvgIpc) is 2.58. The van der Waals surface area contributed by atoms with Gasteiger partial charge in [-0.05, 0) is 36.8 Å². The van der Waals surface area contributed by atoms with E-state index >= 15 is 0 Å². The Kier molecular flexibility index (Phi) is 5.46. The highest BCUT2D eigenvalue weighted by atomic mass is 19.2. The first-order chi connectivity index (χ1) is 11.3. The number of hydrogen-bond donors (Lipinski definition) is 2.